The van der Waals surface area contributed by atoms with Gasteiger partial charge in [-0.3, -0.25) is 9.69 Å². The Morgan fingerprint density at radius 2 is 1.32 bits per heavy atom. The third-order valence-electron chi connectivity index (χ3n) is 8.13. The lowest BCUT2D eigenvalue weighted by Crippen LogP contribution is -2.54. The predicted octanol–water partition coefficient (Wildman–Crippen LogP) is 7.87. The van der Waals surface area contributed by atoms with Crippen LogP contribution in [0, 0.1) is 17.6 Å². The van der Waals surface area contributed by atoms with Crippen LogP contribution in [0.25, 0.3) is 0 Å². The van der Waals surface area contributed by atoms with Gasteiger partial charge in [-0.25, -0.2) is 8.78 Å². The minimum atomic E-state index is -0.658. The molecule has 1 amide bonds. The van der Waals surface area contributed by atoms with Crippen LogP contribution in [0.1, 0.15) is 60.8 Å². The average molecular weight is 558 g/mol. The first-order chi connectivity index (χ1) is 18.3. The van der Waals surface area contributed by atoms with Crippen LogP contribution in [-0.4, -0.2) is 41.9 Å². The zero-order chi connectivity index (χ0) is 26.8. The molecule has 0 spiro atoms. The third-order valence-corrected chi connectivity index (χ3v) is 8.63. The summed E-state index contributed by atoms with van der Waals surface area (Å²) in [6.45, 7) is 1.23. The van der Waals surface area contributed by atoms with E-state index in [1.807, 2.05) is 60.5 Å². The predicted molar refractivity (Wildman–Crippen MR) is 149 cm³/mol. The van der Waals surface area contributed by atoms with Crippen LogP contribution in [0.4, 0.5) is 8.78 Å². The number of carbonyl (C=O) groups is 1. The van der Waals surface area contributed by atoms with Crippen LogP contribution in [0.2, 0.25) is 10.0 Å². The summed E-state index contributed by atoms with van der Waals surface area (Å²) in [4.78, 5) is 18.1. The van der Waals surface area contributed by atoms with E-state index in [0.29, 0.717) is 28.7 Å². The SMILES string of the molecule is CN(C(=O)C(c1cc(F)cc(F)c1)C1CN(C(c2ccc(Cl)cc2)c2ccc(Cl)cc2)C1)C1CCCCC1. The number of nitrogens with zero attached hydrogens (tertiary/aromatic N) is 2. The van der Waals surface area contributed by atoms with Crippen molar-refractivity contribution in [2.24, 2.45) is 5.92 Å². The first-order valence-electron chi connectivity index (χ1n) is 13.3. The molecule has 0 bridgehead atoms. The monoisotopic (exact) mass is 556 g/mol. The Morgan fingerprint density at radius 1 is 0.816 bits per heavy atom. The average Bonchev–Trinajstić information content (AvgIpc) is 2.88. The summed E-state index contributed by atoms with van der Waals surface area (Å²) in [5.74, 6) is -2.05. The van der Waals surface area contributed by atoms with Gasteiger partial charge < -0.3 is 4.90 Å². The van der Waals surface area contributed by atoms with Crippen molar-refractivity contribution in [3.63, 3.8) is 0 Å². The summed E-state index contributed by atoms with van der Waals surface area (Å²) < 4.78 is 28.6. The Balaban J connectivity index is 1.43. The van der Waals surface area contributed by atoms with E-state index in [-0.39, 0.29) is 23.9 Å². The molecule has 38 heavy (non-hydrogen) atoms. The van der Waals surface area contributed by atoms with E-state index in [0.717, 1.165) is 42.9 Å². The largest absolute Gasteiger partial charge is 0.342 e. The maximum Gasteiger partial charge on any atom is 0.230 e. The van der Waals surface area contributed by atoms with E-state index in [2.05, 4.69) is 4.90 Å². The number of hydrogen-bond acceptors (Lipinski definition) is 2. The van der Waals surface area contributed by atoms with Crippen LogP contribution >= 0.6 is 23.2 Å². The molecule has 2 aliphatic rings. The number of likely N-dealkylation sites (N-methyl/N-ethyl adjacent to an activating group) is 1. The minimum Gasteiger partial charge on any atom is -0.342 e. The fourth-order valence-corrected chi connectivity index (χ4v) is 6.37. The maximum atomic E-state index is 14.3. The Labute approximate surface area is 233 Å². The zero-order valence-corrected chi connectivity index (χ0v) is 22.9. The van der Waals surface area contributed by atoms with E-state index >= 15 is 0 Å². The van der Waals surface area contributed by atoms with Crippen molar-refractivity contribution < 1.29 is 13.6 Å². The van der Waals surface area contributed by atoms with E-state index in [4.69, 9.17) is 23.2 Å². The highest BCUT2D eigenvalue weighted by Crippen LogP contribution is 2.41. The van der Waals surface area contributed by atoms with Gasteiger partial charge in [-0.1, -0.05) is 66.7 Å². The van der Waals surface area contributed by atoms with Gasteiger partial charge >= 0.3 is 0 Å². The lowest BCUT2D eigenvalue weighted by atomic mass is 9.77. The van der Waals surface area contributed by atoms with E-state index in [1.54, 1.807) is 0 Å². The van der Waals surface area contributed by atoms with Gasteiger partial charge in [-0.2, -0.15) is 0 Å². The Kier molecular flexibility index (Phi) is 8.37. The lowest BCUT2D eigenvalue weighted by Gasteiger charge is -2.48. The Hall–Kier alpha value is -2.47. The highest BCUT2D eigenvalue weighted by atomic mass is 35.5. The zero-order valence-electron chi connectivity index (χ0n) is 21.4. The van der Waals surface area contributed by atoms with Crippen LogP contribution in [0.3, 0.4) is 0 Å². The van der Waals surface area contributed by atoms with Gasteiger partial charge in [-0.05, 0) is 65.9 Å². The second-order valence-electron chi connectivity index (χ2n) is 10.6. The maximum absolute atomic E-state index is 14.3. The second kappa shape index (κ2) is 11.7. The normalized spacial score (nSPS) is 17.8. The molecule has 2 fully saturated rings. The molecule has 3 aromatic carbocycles. The van der Waals surface area contributed by atoms with Gasteiger partial charge in [0.25, 0.3) is 0 Å². The van der Waals surface area contributed by atoms with Gasteiger partial charge in [0.05, 0.1) is 12.0 Å². The molecule has 1 saturated heterocycles. The molecule has 0 aromatic heterocycles. The number of rotatable bonds is 7. The van der Waals surface area contributed by atoms with E-state index in [9.17, 15) is 13.6 Å². The summed E-state index contributed by atoms with van der Waals surface area (Å²) in [6, 6.07) is 19.1. The van der Waals surface area contributed by atoms with E-state index in [1.165, 1.54) is 18.6 Å². The summed E-state index contributed by atoms with van der Waals surface area (Å²) in [5.41, 5.74) is 2.57. The summed E-state index contributed by atoms with van der Waals surface area (Å²) in [7, 11) is 1.85. The van der Waals surface area contributed by atoms with Gasteiger partial charge in [0.1, 0.15) is 11.6 Å². The Morgan fingerprint density at radius 3 is 1.82 bits per heavy atom. The summed E-state index contributed by atoms with van der Waals surface area (Å²) in [6.07, 6.45) is 5.33. The molecule has 1 heterocycles. The van der Waals surface area contributed by atoms with Crippen molar-refractivity contribution in [3.05, 3.63) is 105 Å². The number of amides is 1. The van der Waals surface area contributed by atoms with Gasteiger partial charge in [0.2, 0.25) is 5.91 Å². The highest BCUT2D eigenvalue weighted by Gasteiger charge is 2.43. The van der Waals surface area contributed by atoms with E-state index < -0.39 is 17.6 Å². The van der Waals surface area contributed by atoms with Crippen molar-refractivity contribution >= 4 is 29.1 Å². The van der Waals surface area contributed by atoms with Crippen molar-refractivity contribution in [1.29, 1.82) is 0 Å². The fourth-order valence-electron chi connectivity index (χ4n) is 6.11. The fraction of sp³-hybridized carbons (Fsp3) is 0.387. The first kappa shape index (κ1) is 27.1. The molecule has 3 aromatic rings. The topological polar surface area (TPSA) is 23.6 Å². The Bertz CT molecular complexity index is 1190. The molecule has 1 aliphatic heterocycles. The number of carbonyl (C=O) groups excluding carboxylic acids is 1. The van der Waals surface area contributed by atoms with Crippen molar-refractivity contribution in [2.75, 3.05) is 20.1 Å². The van der Waals surface area contributed by atoms with Gasteiger partial charge in [-0.15, -0.1) is 0 Å². The molecule has 3 nitrogen and oxygen atoms in total. The molecular formula is C31H32Cl2F2N2O. The highest BCUT2D eigenvalue weighted by molar-refractivity contribution is 6.30. The van der Waals surface area contributed by atoms with Crippen molar-refractivity contribution in [1.82, 2.24) is 9.80 Å². The molecule has 7 heteroatoms. The molecule has 1 unspecified atom stereocenters. The van der Waals surface area contributed by atoms with Crippen LogP contribution < -0.4 is 0 Å². The van der Waals surface area contributed by atoms with Crippen LogP contribution in [0.5, 0.6) is 0 Å². The molecule has 1 atom stereocenters. The number of benzene rings is 3. The standard InChI is InChI=1S/C31H32Cl2F2N2O/c1-36(28-5-3-2-4-6-28)31(38)29(22-15-26(34)17-27(35)16-22)23-18-37(19-23)30(20-7-11-24(32)12-8-20)21-9-13-25(33)14-10-21/h7-17,23,28-30H,2-6,18-19H2,1H3. The molecular weight excluding hydrogens is 525 g/mol. The third kappa shape index (κ3) is 5.90. The van der Waals surface area contributed by atoms with Gasteiger partial charge in [0.15, 0.2) is 0 Å². The molecule has 5 rings (SSSR count). The smallest absolute Gasteiger partial charge is 0.230 e. The van der Waals surface area contributed by atoms with Gasteiger partial charge in [0, 0.05) is 48.2 Å². The molecule has 1 saturated carbocycles. The lowest BCUT2D eigenvalue weighted by molar-refractivity contribution is -0.137. The summed E-state index contributed by atoms with van der Waals surface area (Å²) >= 11 is 12.3. The number of hydrogen-bond donors (Lipinski definition) is 0. The van der Waals surface area contributed by atoms with Crippen molar-refractivity contribution in [2.45, 2.75) is 50.1 Å². The number of likely N-dealkylation sites (tertiary alicyclic amines) is 1. The molecule has 0 N–H and O–H groups in total. The van der Waals surface area contributed by atoms with Crippen molar-refractivity contribution in [3.8, 4) is 0 Å². The summed E-state index contributed by atoms with van der Waals surface area (Å²) in [5, 5.41) is 1.32. The second-order valence-corrected chi connectivity index (χ2v) is 11.5. The van der Waals surface area contributed by atoms with Crippen LogP contribution in [0.15, 0.2) is 66.7 Å². The minimum absolute atomic E-state index is 0.0546. The number of halogens is 4. The first-order valence-corrected chi connectivity index (χ1v) is 14.0. The molecule has 0 radical (unpaired) electrons. The quantitative estimate of drug-likeness (QED) is 0.295. The molecule has 200 valence electrons. The molecule has 1 aliphatic carbocycles. The van der Waals surface area contributed by atoms with Crippen LogP contribution in [-0.2, 0) is 4.79 Å².